The first-order valence-electron chi connectivity index (χ1n) is 10.4. The maximum atomic E-state index is 12.4. The van der Waals surface area contributed by atoms with Crippen molar-refractivity contribution in [3.63, 3.8) is 0 Å². The molecular weight excluding hydrogens is 510 g/mol. The maximum Gasteiger partial charge on any atom is 0.311 e. The Balaban J connectivity index is 1.38. The molecule has 0 radical (unpaired) electrons. The van der Waals surface area contributed by atoms with Crippen LogP contribution in [0.3, 0.4) is 0 Å². The van der Waals surface area contributed by atoms with Crippen LogP contribution in [0.15, 0.2) is 65.1 Å². The second kappa shape index (κ2) is 10.3. The number of nitrogens with one attached hydrogen (secondary N) is 1. The molecule has 1 amide bonds. The van der Waals surface area contributed by atoms with Gasteiger partial charge in [-0.05, 0) is 60.9 Å². The minimum atomic E-state index is -0.907. The molecule has 170 valence electrons. The highest BCUT2D eigenvalue weighted by Gasteiger charge is 2.29. The van der Waals surface area contributed by atoms with Crippen molar-refractivity contribution in [1.29, 1.82) is 0 Å². The van der Waals surface area contributed by atoms with Crippen molar-refractivity contribution in [2.75, 3.05) is 13.2 Å². The zero-order valence-electron chi connectivity index (χ0n) is 17.5. The summed E-state index contributed by atoms with van der Waals surface area (Å²) in [5.74, 6) is -0.424. The third kappa shape index (κ3) is 5.67. The Morgan fingerprint density at radius 3 is 2.55 bits per heavy atom. The molecule has 0 spiro atoms. The topological polar surface area (TPSA) is 84.9 Å². The summed E-state index contributed by atoms with van der Waals surface area (Å²) < 4.78 is 12.5. The predicted molar refractivity (Wildman–Crippen MR) is 129 cm³/mol. The van der Waals surface area contributed by atoms with E-state index in [-0.39, 0.29) is 5.91 Å². The number of carboxylic acid groups (broad SMARTS) is 1. The van der Waals surface area contributed by atoms with Gasteiger partial charge in [-0.1, -0.05) is 39.7 Å². The number of fused-ring (bicyclic) bond motifs is 1. The fourth-order valence-corrected chi connectivity index (χ4v) is 4.07. The Hall–Kier alpha value is -3.03. The van der Waals surface area contributed by atoms with Gasteiger partial charge in [0.2, 0.25) is 0 Å². The lowest BCUT2D eigenvalue weighted by molar-refractivity contribution is -0.139. The molecule has 0 fully saturated rings. The molecule has 1 aliphatic rings. The third-order valence-electron chi connectivity index (χ3n) is 5.36. The van der Waals surface area contributed by atoms with Crippen LogP contribution in [0.1, 0.15) is 33.8 Å². The average Bonchev–Trinajstić information content (AvgIpc) is 2.81. The molecule has 3 aromatic carbocycles. The number of hydrogen-bond acceptors (Lipinski definition) is 4. The number of benzene rings is 3. The first-order chi connectivity index (χ1) is 15.9. The second-order valence-electron chi connectivity index (χ2n) is 7.61. The Bertz CT molecular complexity index is 1160. The van der Waals surface area contributed by atoms with Crippen molar-refractivity contribution in [1.82, 2.24) is 5.32 Å². The maximum absolute atomic E-state index is 12.4. The van der Waals surface area contributed by atoms with Gasteiger partial charge < -0.3 is 19.9 Å². The largest absolute Gasteiger partial charge is 0.493 e. The molecule has 0 aromatic heterocycles. The fourth-order valence-electron chi connectivity index (χ4n) is 3.60. The molecular formula is C25H21BrClNO5. The van der Waals surface area contributed by atoms with E-state index >= 15 is 0 Å². The summed E-state index contributed by atoms with van der Waals surface area (Å²) in [7, 11) is 0. The van der Waals surface area contributed by atoms with Crippen LogP contribution >= 0.6 is 27.5 Å². The van der Waals surface area contributed by atoms with E-state index in [9.17, 15) is 14.7 Å². The number of rotatable bonds is 7. The van der Waals surface area contributed by atoms with Crippen molar-refractivity contribution in [2.45, 2.75) is 18.8 Å². The van der Waals surface area contributed by atoms with E-state index in [1.807, 2.05) is 24.3 Å². The highest BCUT2D eigenvalue weighted by Crippen LogP contribution is 2.41. The van der Waals surface area contributed by atoms with E-state index in [1.54, 1.807) is 36.4 Å². The lowest BCUT2D eigenvalue weighted by atomic mass is 9.93. The average molecular weight is 531 g/mol. The standard InChI is InChI=1S/C25H21BrClNO5/c26-17-5-1-15(2-6-17)9-11-28-24(29)16-3-7-18(8-4-16)33-23-14-22-20(13-21(23)27)19(25(30)31)10-12-32-22/h1-8,13-14,19H,9-12H2,(H,28,29)(H,30,31). The minimum Gasteiger partial charge on any atom is -0.493 e. The number of amides is 1. The Morgan fingerprint density at radius 1 is 1.12 bits per heavy atom. The predicted octanol–water partition coefficient (Wildman–Crippen LogP) is 5.82. The van der Waals surface area contributed by atoms with Crippen molar-refractivity contribution < 1.29 is 24.2 Å². The summed E-state index contributed by atoms with van der Waals surface area (Å²) in [6.45, 7) is 0.845. The van der Waals surface area contributed by atoms with Crippen molar-refractivity contribution in [3.05, 3.63) is 86.8 Å². The molecule has 0 aliphatic carbocycles. The number of hydrogen-bond donors (Lipinski definition) is 2. The van der Waals surface area contributed by atoms with Crippen molar-refractivity contribution in [2.24, 2.45) is 0 Å². The fraction of sp³-hybridized carbons (Fsp3) is 0.200. The molecule has 1 aliphatic heterocycles. The van der Waals surface area contributed by atoms with Crippen LogP contribution in [0.2, 0.25) is 5.02 Å². The number of halogens is 2. The summed E-state index contributed by atoms with van der Waals surface area (Å²) in [5, 5.41) is 12.6. The van der Waals surface area contributed by atoms with Crippen LogP contribution in [-0.4, -0.2) is 30.1 Å². The normalized spacial score (nSPS) is 14.7. The molecule has 0 bridgehead atoms. The van der Waals surface area contributed by atoms with E-state index in [2.05, 4.69) is 21.2 Å². The van der Waals surface area contributed by atoms with Crippen LogP contribution < -0.4 is 14.8 Å². The minimum absolute atomic E-state index is 0.168. The molecule has 8 heteroatoms. The van der Waals surface area contributed by atoms with Crippen LogP contribution in [0.4, 0.5) is 0 Å². The Labute approximate surface area is 204 Å². The van der Waals surface area contributed by atoms with Crippen LogP contribution in [0.5, 0.6) is 17.2 Å². The number of carbonyl (C=O) groups is 2. The quantitative estimate of drug-likeness (QED) is 0.402. The summed E-state index contributed by atoms with van der Waals surface area (Å²) in [4.78, 5) is 23.9. The van der Waals surface area contributed by atoms with Crippen LogP contribution in [0, 0.1) is 0 Å². The molecule has 33 heavy (non-hydrogen) atoms. The van der Waals surface area contributed by atoms with Gasteiger partial charge in [0.15, 0.2) is 0 Å². The number of carbonyl (C=O) groups excluding carboxylic acids is 1. The molecule has 1 heterocycles. The third-order valence-corrected chi connectivity index (χ3v) is 6.18. The molecule has 4 rings (SSSR count). The van der Waals surface area contributed by atoms with Gasteiger partial charge >= 0.3 is 5.97 Å². The lowest BCUT2D eigenvalue weighted by Crippen LogP contribution is -2.25. The van der Waals surface area contributed by atoms with Gasteiger partial charge in [-0.25, -0.2) is 0 Å². The zero-order chi connectivity index (χ0) is 23.4. The monoisotopic (exact) mass is 529 g/mol. The number of ether oxygens (including phenoxy) is 2. The summed E-state index contributed by atoms with van der Waals surface area (Å²) in [6, 6.07) is 17.9. The van der Waals surface area contributed by atoms with E-state index < -0.39 is 11.9 Å². The summed E-state index contributed by atoms with van der Waals surface area (Å²) in [5.41, 5.74) is 2.20. The van der Waals surface area contributed by atoms with Gasteiger partial charge in [0.05, 0.1) is 17.5 Å². The van der Waals surface area contributed by atoms with Crippen LogP contribution in [0.25, 0.3) is 0 Å². The summed E-state index contributed by atoms with van der Waals surface area (Å²) in [6.07, 6.45) is 1.13. The SMILES string of the molecule is O=C(NCCc1ccc(Br)cc1)c1ccc(Oc2cc3c(cc2Cl)C(C(=O)O)CCO3)cc1. The van der Waals surface area contributed by atoms with Crippen LogP contribution in [-0.2, 0) is 11.2 Å². The number of aliphatic carboxylic acids is 1. The van der Waals surface area contributed by atoms with Gasteiger partial charge in [0.25, 0.3) is 5.91 Å². The summed E-state index contributed by atoms with van der Waals surface area (Å²) >= 11 is 9.75. The van der Waals surface area contributed by atoms with E-state index in [1.165, 1.54) is 0 Å². The molecule has 3 aromatic rings. The van der Waals surface area contributed by atoms with Gasteiger partial charge in [0.1, 0.15) is 17.2 Å². The molecule has 1 atom stereocenters. The smallest absolute Gasteiger partial charge is 0.311 e. The van der Waals surface area contributed by atoms with Crippen molar-refractivity contribution >= 4 is 39.4 Å². The molecule has 0 saturated heterocycles. The second-order valence-corrected chi connectivity index (χ2v) is 8.93. The van der Waals surface area contributed by atoms with Gasteiger partial charge in [-0.3, -0.25) is 9.59 Å². The molecule has 1 unspecified atom stereocenters. The zero-order valence-corrected chi connectivity index (χ0v) is 19.9. The first-order valence-corrected chi connectivity index (χ1v) is 11.6. The highest BCUT2D eigenvalue weighted by molar-refractivity contribution is 9.10. The van der Waals surface area contributed by atoms with E-state index in [0.29, 0.717) is 53.0 Å². The Kier molecular flexibility index (Phi) is 7.20. The molecule has 2 N–H and O–H groups in total. The Morgan fingerprint density at radius 2 is 1.85 bits per heavy atom. The van der Waals surface area contributed by atoms with Gasteiger partial charge in [-0.15, -0.1) is 0 Å². The highest BCUT2D eigenvalue weighted by atomic mass is 79.9. The van der Waals surface area contributed by atoms with Gasteiger partial charge in [-0.2, -0.15) is 0 Å². The molecule has 0 saturated carbocycles. The first kappa shape index (κ1) is 23.1. The molecule has 6 nitrogen and oxygen atoms in total. The lowest BCUT2D eigenvalue weighted by Gasteiger charge is -2.24. The number of carboxylic acids is 1. The van der Waals surface area contributed by atoms with Crippen molar-refractivity contribution in [3.8, 4) is 17.2 Å². The van der Waals surface area contributed by atoms with E-state index in [0.717, 1.165) is 16.5 Å². The van der Waals surface area contributed by atoms with E-state index in [4.69, 9.17) is 21.1 Å². The van der Waals surface area contributed by atoms with Gasteiger partial charge in [0, 0.05) is 28.2 Å².